The average molecular weight is 359 g/mol. The van der Waals surface area contributed by atoms with Gasteiger partial charge in [0.2, 0.25) is 5.95 Å². The standard InChI is InChI=1S/C18H25N5O3/c1-23(2)8-7-19-17(24)14-11-21-18(22-12-14)20-10-13-5-6-15(25-3)16(9-13)26-4/h5-6,9,11-12H,7-8,10H2,1-4H3,(H,19,24)(H,20,21,22). The number of hydrogen-bond acceptors (Lipinski definition) is 7. The lowest BCUT2D eigenvalue weighted by atomic mass is 10.2. The van der Waals surface area contributed by atoms with Crippen LogP contribution in [-0.2, 0) is 6.54 Å². The summed E-state index contributed by atoms with van der Waals surface area (Å²) in [6.07, 6.45) is 3.02. The number of nitrogens with zero attached hydrogens (tertiary/aromatic N) is 3. The fraction of sp³-hybridized carbons (Fsp3) is 0.389. The van der Waals surface area contributed by atoms with Gasteiger partial charge in [-0.25, -0.2) is 9.97 Å². The largest absolute Gasteiger partial charge is 0.493 e. The number of amides is 1. The molecule has 0 saturated heterocycles. The Bertz CT molecular complexity index is 719. The molecule has 2 rings (SSSR count). The summed E-state index contributed by atoms with van der Waals surface area (Å²) >= 11 is 0. The van der Waals surface area contributed by atoms with E-state index in [4.69, 9.17) is 9.47 Å². The van der Waals surface area contributed by atoms with Gasteiger partial charge in [0.1, 0.15) is 0 Å². The van der Waals surface area contributed by atoms with Gasteiger partial charge in [-0.05, 0) is 31.8 Å². The van der Waals surface area contributed by atoms with E-state index < -0.39 is 0 Å². The SMILES string of the molecule is COc1ccc(CNc2ncc(C(=O)NCCN(C)C)cn2)cc1OC. The zero-order valence-electron chi connectivity index (χ0n) is 15.6. The van der Waals surface area contributed by atoms with Crippen LogP contribution in [0.3, 0.4) is 0 Å². The predicted molar refractivity (Wildman–Crippen MR) is 99.8 cm³/mol. The van der Waals surface area contributed by atoms with Gasteiger partial charge in [-0.3, -0.25) is 4.79 Å². The molecular formula is C18H25N5O3. The first-order valence-electron chi connectivity index (χ1n) is 8.23. The van der Waals surface area contributed by atoms with Gasteiger partial charge in [-0.15, -0.1) is 0 Å². The van der Waals surface area contributed by atoms with Crippen molar-refractivity contribution in [2.75, 3.05) is 46.7 Å². The molecule has 2 aromatic rings. The van der Waals surface area contributed by atoms with E-state index >= 15 is 0 Å². The number of hydrogen-bond donors (Lipinski definition) is 2. The van der Waals surface area contributed by atoms with Crippen LogP contribution in [0.25, 0.3) is 0 Å². The number of carbonyl (C=O) groups excluding carboxylic acids is 1. The Labute approximate surface area is 153 Å². The summed E-state index contributed by atoms with van der Waals surface area (Å²) in [4.78, 5) is 22.4. The fourth-order valence-corrected chi connectivity index (χ4v) is 2.20. The quantitative estimate of drug-likeness (QED) is 0.699. The van der Waals surface area contributed by atoms with Gasteiger partial charge in [-0.1, -0.05) is 6.07 Å². The molecule has 0 fully saturated rings. The van der Waals surface area contributed by atoms with Crippen LogP contribution in [0.4, 0.5) is 5.95 Å². The molecule has 0 bridgehead atoms. The van der Waals surface area contributed by atoms with Crippen LogP contribution in [0.1, 0.15) is 15.9 Å². The monoisotopic (exact) mass is 359 g/mol. The highest BCUT2D eigenvalue weighted by molar-refractivity contribution is 5.93. The van der Waals surface area contributed by atoms with Crippen molar-refractivity contribution in [1.29, 1.82) is 0 Å². The van der Waals surface area contributed by atoms with E-state index in [1.165, 1.54) is 12.4 Å². The van der Waals surface area contributed by atoms with Crippen molar-refractivity contribution in [3.8, 4) is 11.5 Å². The van der Waals surface area contributed by atoms with Gasteiger partial charge in [0.15, 0.2) is 11.5 Å². The molecule has 0 unspecified atom stereocenters. The average Bonchev–Trinajstić information content (AvgIpc) is 2.66. The second kappa shape index (κ2) is 9.57. The third-order valence-corrected chi connectivity index (χ3v) is 3.66. The Kier molecular flexibility index (Phi) is 7.16. The molecule has 8 heteroatoms. The second-order valence-electron chi connectivity index (χ2n) is 5.90. The van der Waals surface area contributed by atoms with Gasteiger partial charge in [0.05, 0.1) is 19.8 Å². The summed E-state index contributed by atoms with van der Waals surface area (Å²) in [5, 5.41) is 5.94. The molecule has 0 aliphatic heterocycles. The Morgan fingerprint density at radius 2 is 1.81 bits per heavy atom. The van der Waals surface area contributed by atoms with E-state index in [1.54, 1.807) is 14.2 Å². The third kappa shape index (κ3) is 5.59. The van der Waals surface area contributed by atoms with Crippen molar-refractivity contribution >= 4 is 11.9 Å². The maximum absolute atomic E-state index is 12.0. The van der Waals surface area contributed by atoms with Crippen molar-refractivity contribution in [3.05, 3.63) is 41.7 Å². The number of rotatable bonds is 9. The van der Waals surface area contributed by atoms with Crippen LogP contribution < -0.4 is 20.1 Å². The maximum Gasteiger partial charge on any atom is 0.254 e. The lowest BCUT2D eigenvalue weighted by Gasteiger charge is -2.11. The third-order valence-electron chi connectivity index (χ3n) is 3.66. The van der Waals surface area contributed by atoms with E-state index in [-0.39, 0.29) is 5.91 Å². The van der Waals surface area contributed by atoms with E-state index in [2.05, 4.69) is 20.6 Å². The van der Waals surface area contributed by atoms with Gasteiger partial charge in [0.25, 0.3) is 5.91 Å². The van der Waals surface area contributed by atoms with Gasteiger partial charge in [-0.2, -0.15) is 0 Å². The summed E-state index contributed by atoms with van der Waals surface area (Å²) in [7, 11) is 7.10. The molecule has 1 amide bonds. The molecule has 140 valence electrons. The van der Waals surface area contributed by atoms with Crippen molar-refractivity contribution in [2.45, 2.75) is 6.54 Å². The molecule has 0 saturated carbocycles. The first-order valence-corrected chi connectivity index (χ1v) is 8.23. The molecular weight excluding hydrogens is 334 g/mol. The summed E-state index contributed by atoms with van der Waals surface area (Å²) in [6.45, 7) is 1.87. The van der Waals surface area contributed by atoms with Crippen LogP contribution >= 0.6 is 0 Å². The normalized spacial score (nSPS) is 10.5. The summed E-state index contributed by atoms with van der Waals surface area (Å²) in [5.41, 5.74) is 1.43. The van der Waals surface area contributed by atoms with E-state index in [0.29, 0.717) is 36.1 Å². The molecule has 1 heterocycles. The van der Waals surface area contributed by atoms with Gasteiger partial charge >= 0.3 is 0 Å². The molecule has 1 aromatic carbocycles. The Hall–Kier alpha value is -2.87. The number of anilines is 1. The van der Waals surface area contributed by atoms with E-state index in [0.717, 1.165) is 12.1 Å². The molecule has 0 atom stereocenters. The van der Waals surface area contributed by atoms with Crippen LogP contribution in [0.15, 0.2) is 30.6 Å². The van der Waals surface area contributed by atoms with Crippen LogP contribution in [0, 0.1) is 0 Å². The zero-order valence-corrected chi connectivity index (χ0v) is 15.6. The highest BCUT2D eigenvalue weighted by Crippen LogP contribution is 2.27. The lowest BCUT2D eigenvalue weighted by Crippen LogP contribution is -2.31. The summed E-state index contributed by atoms with van der Waals surface area (Å²) < 4.78 is 10.5. The summed E-state index contributed by atoms with van der Waals surface area (Å²) in [5.74, 6) is 1.61. The number of nitrogens with one attached hydrogen (secondary N) is 2. The molecule has 0 aliphatic carbocycles. The minimum atomic E-state index is -0.182. The number of methoxy groups -OCH3 is 2. The molecule has 26 heavy (non-hydrogen) atoms. The molecule has 0 radical (unpaired) electrons. The molecule has 0 aliphatic rings. The molecule has 1 aromatic heterocycles. The first-order chi connectivity index (χ1) is 12.5. The Morgan fingerprint density at radius 1 is 1.12 bits per heavy atom. The van der Waals surface area contributed by atoms with E-state index in [1.807, 2.05) is 37.2 Å². The Morgan fingerprint density at radius 3 is 2.42 bits per heavy atom. The minimum absolute atomic E-state index is 0.182. The number of benzene rings is 1. The molecule has 0 spiro atoms. The Balaban J connectivity index is 1.90. The van der Waals surface area contributed by atoms with E-state index in [9.17, 15) is 4.79 Å². The maximum atomic E-state index is 12.0. The number of ether oxygens (including phenoxy) is 2. The topological polar surface area (TPSA) is 88.6 Å². The van der Waals surface area contributed by atoms with Gasteiger partial charge in [0, 0.05) is 32.0 Å². The number of likely N-dealkylation sites (N-methyl/N-ethyl adjacent to an activating group) is 1. The zero-order chi connectivity index (χ0) is 18.9. The second-order valence-corrected chi connectivity index (χ2v) is 5.90. The van der Waals surface area contributed by atoms with Gasteiger partial charge < -0.3 is 25.0 Å². The minimum Gasteiger partial charge on any atom is -0.493 e. The van der Waals surface area contributed by atoms with Crippen LogP contribution in [0.2, 0.25) is 0 Å². The number of carbonyl (C=O) groups is 1. The smallest absolute Gasteiger partial charge is 0.254 e. The van der Waals surface area contributed by atoms with Crippen molar-refractivity contribution in [3.63, 3.8) is 0 Å². The van der Waals surface area contributed by atoms with Crippen LogP contribution in [-0.4, -0.2) is 62.2 Å². The highest BCUT2D eigenvalue weighted by Gasteiger charge is 2.08. The fourth-order valence-electron chi connectivity index (χ4n) is 2.20. The highest BCUT2D eigenvalue weighted by atomic mass is 16.5. The number of aromatic nitrogens is 2. The van der Waals surface area contributed by atoms with Crippen molar-refractivity contribution < 1.29 is 14.3 Å². The molecule has 2 N–H and O–H groups in total. The molecule has 8 nitrogen and oxygen atoms in total. The summed E-state index contributed by atoms with van der Waals surface area (Å²) in [6, 6.07) is 5.66. The van der Waals surface area contributed by atoms with Crippen molar-refractivity contribution in [2.24, 2.45) is 0 Å². The first kappa shape index (κ1) is 19.5. The van der Waals surface area contributed by atoms with Crippen LogP contribution in [0.5, 0.6) is 11.5 Å². The van der Waals surface area contributed by atoms with Crippen molar-refractivity contribution in [1.82, 2.24) is 20.2 Å². The lowest BCUT2D eigenvalue weighted by molar-refractivity contribution is 0.0950. The predicted octanol–water partition coefficient (Wildman–Crippen LogP) is 1.40.